The molecule has 0 heterocycles. The van der Waals surface area contributed by atoms with Gasteiger partial charge in [0.2, 0.25) is 0 Å². The van der Waals surface area contributed by atoms with E-state index in [0.29, 0.717) is 5.92 Å². The van der Waals surface area contributed by atoms with E-state index >= 15 is 0 Å². The molecule has 0 amide bonds. The molecule has 0 aliphatic heterocycles. The fourth-order valence-electron chi connectivity index (χ4n) is 2.48. The van der Waals surface area contributed by atoms with Crippen molar-refractivity contribution in [1.29, 1.82) is 0 Å². The van der Waals surface area contributed by atoms with Crippen LogP contribution in [0.25, 0.3) is 0 Å². The van der Waals surface area contributed by atoms with E-state index in [1.54, 1.807) is 14.2 Å². The second kappa shape index (κ2) is 7.08. The van der Waals surface area contributed by atoms with Crippen LogP contribution in [0.1, 0.15) is 51.9 Å². The van der Waals surface area contributed by atoms with Crippen LogP contribution in [0.5, 0.6) is 0 Å². The number of allylic oxidation sites excluding steroid dienone is 2. The largest absolute Gasteiger partial charge is 0.353 e. The van der Waals surface area contributed by atoms with Crippen molar-refractivity contribution in [2.75, 3.05) is 14.2 Å². The van der Waals surface area contributed by atoms with E-state index in [1.165, 1.54) is 32.1 Å². The van der Waals surface area contributed by atoms with Gasteiger partial charge in [-0.1, -0.05) is 31.9 Å². The number of unbranched alkanes of at least 4 members (excludes halogenated alkanes) is 1. The number of methoxy groups -OCH3 is 2. The van der Waals surface area contributed by atoms with E-state index in [2.05, 4.69) is 19.1 Å². The van der Waals surface area contributed by atoms with Gasteiger partial charge in [0.1, 0.15) is 0 Å². The van der Waals surface area contributed by atoms with Crippen molar-refractivity contribution in [2.45, 2.75) is 57.7 Å². The summed E-state index contributed by atoms with van der Waals surface area (Å²) in [5, 5.41) is 0. The first-order chi connectivity index (χ1) is 7.76. The zero-order chi connectivity index (χ0) is 11.9. The Labute approximate surface area is 100 Å². The third kappa shape index (κ3) is 3.91. The lowest BCUT2D eigenvalue weighted by Crippen LogP contribution is -2.34. The average Bonchev–Trinajstić information content (AvgIpc) is 2.53. The fourth-order valence-corrected chi connectivity index (χ4v) is 2.48. The third-order valence-corrected chi connectivity index (χ3v) is 3.56. The van der Waals surface area contributed by atoms with Gasteiger partial charge in [-0.2, -0.15) is 0 Å². The lowest BCUT2D eigenvalue weighted by molar-refractivity contribution is -0.216. The Balaban J connectivity index is 2.57. The lowest BCUT2D eigenvalue weighted by Gasteiger charge is -2.31. The minimum atomic E-state index is -0.336. The van der Waals surface area contributed by atoms with Gasteiger partial charge in [-0.3, -0.25) is 0 Å². The van der Waals surface area contributed by atoms with E-state index in [0.717, 1.165) is 12.8 Å². The molecule has 2 nitrogen and oxygen atoms in total. The number of rotatable bonds is 5. The molecule has 16 heavy (non-hydrogen) atoms. The Morgan fingerprint density at radius 3 is 2.62 bits per heavy atom. The topological polar surface area (TPSA) is 18.5 Å². The summed E-state index contributed by atoms with van der Waals surface area (Å²) in [6.45, 7) is 2.21. The molecule has 0 N–H and O–H groups in total. The summed E-state index contributed by atoms with van der Waals surface area (Å²) in [5.74, 6) is 0.284. The summed E-state index contributed by atoms with van der Waals surface area (Å²) in [7, 11) is 3.53. The monoisotopic (exact) mass is 226 g/mol. The van der Waals surface area contributed by atoms with Gasteiger partial charge in [-0.05, 0) is 25.2 Å². The Morgan fingerprint density at radius 2 is 2.00 bits per heavy atom. The summed E-state index contributed by atoms with van der Waals surface area (Å²) < 4.78 is 11.2. The molecule has 0 radical (unpaired) electrons. The van der Waals surface area contributed by atoms with E-state index in [4.69, 9.17) is 9.47 Å². The van der Waals surface area contributed by atoms with Gasteiger partial charge >= 0.3 is 0 Å². The molecule has 0 aromatic heterocycles. The van der Waals surface area contributed by atoms with Gasteiger partial charge in [-0.15, -0.1) is 0 Å². The highest BCUT2D eigenvalue weighted by Gasteiger charge is 2.33. The first-order valence-corrected chi connectivity index (χ1v) is 6.53. The van der Waals surface area contributed by atoms with Crippen LogP contribution in [0.15, 0.2) is 12.2 Å². The normalized spacial score (nSPS) is 25.8. The molecule has 1 rings (SSSR count). The van der Waals surface area contributed by atoms with Crippen molar-refractivity contribution < 1.29 is 9.47 Å². The van der Waals surface area contributed by atoms with Crippen LogP contribution in [0.2, 0.25) is 0 Å². The van der Waals surface area contributed by atoms with Gasteiger partial charge in [0.05, 0.1) is 0 Å². The van der Waals surface area contributed by atoms with Gasteiger partial charge in [0, 0.05) is 27.1 Å². The Morgan fingerprint density at radius 1 is 1.25 bits per heavy atom. The van der Waals surface area contributed by atoms with Crippen molar-refractivity contribution in [2.24, 2.45) is 5.92 Å². The zero-order valence-electron chi connectivity index (χ0n) is 11.0. The molecule has 0 saturated heterocycles. The highest BCUT2D eigenvalue weighted by molar-refractivity contribution is 4.92. The van der Waals surface area contributed by atoms with Crippen LogP contribution >= 0.6 is 0 Å². The predicted octanol–water partition coefficient (Wildman–Crippen LogP) is 3.91. The molecule has 1 atom stereocenters. The SMILES string of the molecule is CCC/C=C\[C@@H]1CCCCC(OC)(OC)C1. The number of ether oxygens (including phenoxy) is 2. The molecular weight excluding hydrogens is 200 g/mol. The van der Waals surface area contributed by atoms with Crippen LogP contribution in [-0.4, -0.2) is 20.0 Å². The van der Waals surface area contributed by atoms with E-state index in [1.807, 2.05) is 0 Å². The summed E-state index contributed by atoms with van der Waals surface area (Å²) in [6.07, 6.45) is 12.9. The van der Waals surface area contributed by atoms with Gasteiger partial charge in [0.25, 0.3) is 0 Å². The zero-order valence-corrected chi connectivity index (χ0v) is 11.0. The van der Waals surface area contributed by atoms with Crippen LogP contribution in [0.4, 0.5) is 0 Å². The molecule has 1 aliphatic rings. The van der Waals surface area contributed by atoms with Crippen molar-refractivity contribution in [1.82, 2.24) is 0 Å². The standard InChI is InChI=1S/C14H26O2/c1-4-5-6-9-13-10-7-8-11-14(12-13,15-2)16-3/h6,9,13H,4-5,7-8,10-12H2,1-3H3/b9-6-/t13-/m1/s1. The van der Waals surface area contributed by atoms with Crippen LogP contribution in [0.3, 0.4) is 0 Å². The summed E-state index contributed by atoms with van der Waals surface area (Å²) in [6, 6.07) is 0. The Bertz CT molecular complexity index is 207. The molecule has 0 spiro atoms. The molecule has 1 aliphatic carbocycles. The van der Waals surface area contributed by atoms with Crippen LogP contribution < -0.4 is 0 Å². The number of hydrogen-bond acceptors (Lipinski definition) is 2. The second-order valence-corrected chi connectivity index (χ2v) is 4.75. The van der Waals surface area contributed by atoms with E-state index in [-0.39, 0.29) is 5.79 Å². The molecule has 0 unspecified atom stereocenters. The average molecular weight is 226 g/mol. The molecule has 94 valence electrons. The third-order valence-electron chi connectivity index (χ3n) is 3.56. The van der Waals surface area contributed by atoms with E-state index < -0.39 is 0 Å². The predicted molar refractivity (Wildman–Crippen MR) is 67.4 cm³/mol. The fraction of sp³-hybridized carbons (Fsp3) is 0.857. The molecule has 0 aromatic carbocycles. The highest BCUT2D eigenvalue weighted by atomic mass is 16.7. The van der Waals surface area contributed by atoms with Crippen molar-refractivity contribution in [3.05, 3.63) is 12.2 Å². The van der Waals surface area contributed by atoms with E-state index in [9.17, 15) is 0 Å². The smallest absolute Gasteiger partial charge is 0.168 e. The lowest BCUT2D eigenvalue weighted by atomic mass is 9.96. The van der Waals surface area contributed by atoms with Gasteiger partial charge in [-0.25, -0.2) is 0 Å². The minimum Gasteiger partial charge on any atom is -0.353 e. The van der Waals surface area contributed by atoms with Gasteiger partial charge in [0.15, 0.2) is 5.79 Å². The molecule has 1 saturated carbocycles. The maximum absolute atomic E-state index is 5.59. The maximum Gasteiger partial charge on any atom is 0.168 e. The maximum atomic E-state index is 5.59. The summed E-state index contributed by atoms with van der Waals surface area (Å²) >= 11 is 0. The summed E-state index contributed by atoms with van der Waals surface area (Å²) in [4.78, 5) is 0. The van der Waals surface area contributed by atoms with Crippen molar-refractivity contribution in [3.8, 4) is 0 Å². The molecule has 1 fully saturated rings. The van der Waals surface area contributed by atoms with Crippen molar-refractivity contribution >= 4 is 0 Å². The van der Waals surface area contributed by atoms with Gasteiger partial charge < -0.3 is 9.47 Å². The number of hydrogen-bond donors (Lipinski definition) is 0. The molecule has 0 bridgehead atoms. The quantitative estimate of drug-likeness (QED) is 0.402. The summed E-state index contributed by atoms with van der Waals surface area (Å²) in [5.41, 5.74) is 0. The molecule has 0 aromatic rings. The minimum absolute atomic E-state index is 0.336. The van der Waals surface area contributed by atoms with Crippen LogP contribution in [0, 0.1) is 5.92 Å². The second-order valence-electron chi connectivity index (χ2n) is 4.75. The Kier molecular flexibility index (Phi) is 6.07. The highest BCUT2D eigenvalue weighted by Crippen LogP contribution is 2.34. The molecule has 2 heteroatoms. The molecular formula is C14H26O2. The Hall–Kier alpha value is -0.340. The first-order valence-electron chi connectivity index (χ1n) is 6.53. The first kappa shape index (κ1) is 13.7. The van der Waals surface area contributed by atoms with Crippen LogP contribution in [-0.2, 0) is 9.47 Å². The van der Waals surface area contributed by atoms with Crippen molar-refractivity contribution in [3.63, 3.8) is 0 Å².